The van der Waals surface area contributed by atoms with Crippen LogP contribution in [0.1, 0.15) is 26.2 Å². The van der Waals surface area contributed by atoms with Crippen molar-refractivity contribution in [1.82, 2.24) is 0 Å². The lowest BCUT2D eigenvalue weighted by atomic mass is 9.83. The number of aliphatic hydroxyl groups is 2. The molecule has 0 spiro atoms. The summed E-state index contributed by atoms with van der Waals surface area (Å²) in [6, 6.07) is 0. The topological polar surface area (TPSA) is 149 Å². The minimum absolute atomic E-state index is 0.0105. The van der Waals surface area contributed by atoms with Crippen LogP contribution in [0.15, 0.2) is 48.1 Å². The first-order chi connectivity index (χ1) is 15.1. The van der Waals surface area contributed by atoms with Gasteiger partial charge in [0.05, 0.1) is 18.1 Å². The normalized spacial score (nSPS) is 28.6. The average molecular weight is 452 g/mol. The van der Waals surface area contributed by atoms with Gasteiger partial charge >= 0.3 is 17.9 Å². The van der Waals surface area contributed by atoms with Crippen LogP contribution in [0, 0.1) is 5.92 Å². The van der Waals surface area contributed by atoms with Gasteiger partial charge in [-0.3, -0.25) is 10.1 Å². The first kappa shape index (κ1) is 25.5. The maximum absolute atomic E-state index is 12.5. The zero-order chi connectivity index (χ0) is 24.0. The predicted octanol–water partition coefficient (Wildman–Crippen LogP) is 0.993. The lowest BCUT2D eigenvalue weighted by Gasteiger charge is -2.30. The molecule has 176 valence electrons. The molecule has 10 heteroatoms. The molecule has 1 fully saturated rings. The first-order valence-electron chi connectivity index (χ1n) is 9.98. The molecule has 32 heavy (non-hydrogen) atoms. The smallest absolute Gasteiger partial charge is 0.336 e. The maximum atomic E-state index is 12.5. The molecule has 2 aliphatic rings. The largest absolute Gasteiger partial charge is 0.461 e. The van der Waals surface area contributed by atoms with E-state index >= 15 is 0 Å². The summed E-state index contributed by atoms with van der Waals surface area (Å²) in [5.74, 6) is -3.00. The van der Waals surface area contributed by atoms with Crippen molar-refractivity contribution in [2.24, 2.45) is 5.92 Å². The van der Waals surface area contributed by atoms with E-state index in [4.69, 9.17) is 19.3 Å². The van der Waals surface area contributed by atoms with Crippen LogP contribution in [-0.2, 0) is 33.5 Å². The Kier molecular flexibility index (Phi) is 8.90. The quantitative estimate of drug-likeness (QED) is 0.127. The van der Waals surface area contributed by atoms with Gasteiger partial charge in [0.15, 0.2) is 0 Å². The maximum Gasteiger partial charge on any atom is 0.336 e. The van der Waals surface area contributed by atoms with Gasteiger partial charge in [-0.25, -0.2) is 14.5 Å². The van der Waals surface area contributed by atoms with E-state index in [1.165, 1.54) is 6.92 Å². The van der Waals surface area contributed by atoms with Crippen LogP contribution in [0.3, 0.4) is 0 Å². The number of hydrogen-bond acceptors (Lipinski definition) is 10. The van der Waals surface area contributed by atoms with E-state index in [9.17, 15) is 24.7 Å². The van der Waals surface area contributed by atoms with Crippen LogP contribution < -0.4 is 0 Å². The molecule has 1 aliphatic heterocycles. The summed E-state index contributed by atoms with van der Waals surface area (Å²) in [5.41, 5.74) is 0.653. The van der Waals surface area contributed by atoms with Crippen LogP contribution in [0.2, 0.25) is 0 Å². The minimum atomic E-state index is -1.52. The highest BCUT2D eigenvalue weighted by Gasteiger charge is 2.45. The van der Waals surface area contributed by atoms with E-state index in [1.807, 2.05) is 0 Å². The Balaban J connectivity index is 2.43. The number of aliphatic hydroxyl groups excluding tert-OH is 2. The first-order valence-corrected chi connectivity index (χ1v) is 9.98. The van der Waals surface area contributed by atoms with Gasteiger partial charge in [0.25, 0.3) is 0 Å². The third-order valence-electron chi connectivity index (χ3n) is 5.39. The summed E-state index contributed by atoms with van der Waals surface area (Å²) in [7, 11) is 0. The second kappa shape index (κ2) is 11.2. The average Bonchev–Trinajstić information content (AvgIpc) is 3.02. The minimum Gasteiger partial charge on any atom is -0.461 e. The zero-order valence-corrected chi connectivity index (χ0v) is 17.8. The van der Waals surface area contributed by atoms with Crippen molar-refractivity contribution < 1.29 is 49.0 Å². The number of esters is 3. The van der Waals surface area contributed by atoms with Crippen LogP contribution in [-0.4, -0.2) is 71.0 Å². The molecule has 0 aromatic heterocycles. The van der Waals surface area contributed by atoms with Crippen molar-refractivity contribution >= 4 is 17.9 Å². The fourth-order valence-electron chi connectivity index (χ4n) is 3.55. The summed E-state index contributed by atoms with van der Waals surface area (Å²) in [6.07, 6.45) is -2.05. The van der Waals surface area contributed by atoms with Crippen molar-refractivity contribution in [1.29, 1.82) is 0 Å². The molecule has 1 saturated heterocycles. The van der Waals surface area contributed by atoms with Gasteiger partial charge in [0.2, 0.25) is 0 Å². The van der Waals surface area contributed by atoms with Crippen molar-refractivity contribution in [3.8, 4) is 0 Å². The van der Waals surface area contributed by atoms with E-state index in [1.54, 1.807) is 6.08 Å². The molecule has 1 heterocycles. The fourth-order valence-corrected chi connectivity index (χ4v) is 3.55. The lowest BCUT2D eigenvalue weighted by Crippen LogP contribution is -2.36. The Morgan fingerprint density at radius 1 is 1.34 bits per heavy atom. The van der Waals surface area contributed by atoms with Gasteiger partial charge in [-0.05, 0) is 30.1 Å². The molecular formula is C22H28O10. The molecule has 5 atom stereocenters. The Labute approximate surface area is 185 Å². The molecule has 3 N–H and O–H groups in total. The van der Waals surface area contributed by atoms with Gasteiger partial charge in [-0.15, -0.1) is 0 Å². The van der Waals surface area contributed by atoms with E-state index in [2.05, 4.69) is 24.6 Å². The van der Waals surface area contributed by atoms with E-state index in [0.717, 1.165) is 0 Å². The highest BCUT2D eigenvalue weighted by molar-refractivity contribution is 5.92. The summed E-state index contributed by atoms with van der Waals surface area (Å²) in [5, 5.41) is 28.1. The van der Waals surface area contributed by atoms with Crippen molar-refractivity contribution in [2.75, 3.05) is 13.2 Å². The summed E-state index contributed by atoms with van der Waals surface area (Å²) >= 11 is 0. The molecule has 0 aromatic carbocycles. The number of hydrogen-bond donors (Lipinski definition) is 3. The Morgan fingerprint density at radius 2 is 2.03 bits per heavy atom. The van der Waals surface area contributed by atoms with Gasteiger partial charge in [0, 0.05) is 18.9 Å². The van der Waals surface area contributed by atoms with Gasteiger partial charge < -0.3 is 24.4 Å². The number of carbonyl (C=O) groups is 3. The Hall–Kier alpha value is -2.79. The van der Waals surface area contributed by atoms with Gasteiger partial charge in [-0.1, -0.05) is 19.7 Å². The lowest BCUT2D eigenvalue weighted by molar-refractivity contribution is -0.270. The second-order valence-electron chi connectivity index (χ2n) is 7.69. The monoisotopic (exact) mass is 452 g/mol. The van der Waals surface area contributed by atoms with Gasteiger partial charge in [0.1, 0.15) is 31.0 Å². The van der Waals surface area contributed by atoms with Crippen LogP contribution >= 0.6 is 0 Å². The predicted molar refractivity (Wildman–Crippen MR) is 110 cm³/mol. The third kappa shape index (κ3) is 6.13. The number of fused-ring (bicyclic) bond motifs is 1. The molecule has 2 rings (SSSR count). The molecule has 0 amide bonds. The fraction of sp³-hybridized carbons (Fsp3) is 0.500. The van der Waals surface area contributed by atoms with Gasteiger partial charge in [-0.2, -0.15) is 0 Å². The highest BCUT2D eigenvalue weighted by atomic mass is 17.1. The van der Waals surface area contributed by atoms with Crippen LogP contribution in [0.4, 0.5) is 0 Å². The second-order valence-corrected chi connectivity index (χ2v) is 7.69. The molecule has 0 saturated carbocycles. The number of carbonyl (C=O) groups excluding carboxylic acids is 3. The molecular weight excluding hydrogens is 424 g/mol. The van der Waals surface area contributed by atoms with Crippen LogP contribution in [0.25, 0.3) is 0 Å². The third-order valence-corrected chi connectivity index (χ3v) is 5.39. The van der Waals surface area contributed by atoms with E-state index in [-0.39, 0.29) is 30.6 Å². The highest BCUT2D eigenvalue weighted by Crippen LogP contribution is 2.37. The summed E-state index contributed by atoms with van der Waals surface area (Å²) in [6.45, 7) is 11.6. The number of rotatable bonds is 7. The van der Waals surface area contributed by atoms with Crippen molar-refractivity contribution in [3.05, 3.63) is 48.1 Å². The molecule has 10 nitrogen and oxygen atoms in total. The molecule has 0 bridgehead atoms. The molecule has 1 aliphatic carbocycles. The summed E-state index contributed by atoms with van der Waals surface area (Å²) < 4.78 is 16.0. The van der Waals surface area contributed by atoms with E-state index in [0.29, 0.717) is 17.6 Å². The zero-order valence-electron chi connectivity index (χ0n) is 17.8. The molecule has 0 aromatic rings. The Morgan fingerprint density at radius 3 is 2.62 bits per heavy atom. The van der Waals surface area contributed by atoms with E-state index < -0.39 is 54.8 Å². The summed E-state index contributed by atoms with van der Waals surface area (Å²) in [4.78, 5) is 40.6. The van der Waals surface area contributed by atoms with Crippen molar-refractivity contribution in [2.45, 2.75) is 50.6 Å². The SMILES string of the molecule is C=C1C(=O)O[C@H]2/C=C(/COC(C)=O)CC[C@@H](OO)C(=C)C[C@H](OC(=O)C(=C)[C@@H](O)CO)[C@@H]12. The number of ether oxygens (including phenoxy) is 3. The van der Waals surface area contributed by atoms with Crippen molar-refractivity contribution in [3.63, 3.8) is 0 Å². The molecule has 0 unspecified atom stereocenters. The van der Waals surface area contributed by atoms with Crippen LogP contribution in [0.5, 0.6) is 0 Å². The standard InChI is InChI=1S/C22H28O10/c1-11-7-18(30-21(26)12(2)16(25)9-23)20-13(3)22(27)31-19(20)8-15(10-29-14(4)24)5-6-17(11)32-28/h8,16-20,23,25,28H,1-3,5-7,9-10H2,4H3/b15-8+/t16-,17+,18-,19-,20+/m0/s1. The Bertz CT molecular complexity index is 827. The molecule has 0 radical (unpaired) electrons.